The predicted octanol–water partition coefficient (Wildman–Crippen LogP) is 3.15. The summed E-state index contributed by atoms with van der Waals surface area (Å²) in [6.07, 6.45) is 0.782. The van der Waals surface area contributed by atoms with Crippen LogP contribution in [0.3, 0.4) is 0 Å². The van der Waals surface area contributed by atoms with Crippen LogP contribution in [-0.4, -0.2) is 39.3 Å². The Bertz CT molecular complexity index is 464. The average Bonchev–Trinajstić information content (AvgIpc) is 3.04. The summed E-state index contributed by atoms with van der Waals surface area (Å²) in [7, 11) is 3.23. The highest BCUT2D eigenvalue weighted by Crippen LogP contribution is 2.20. The number of hydrogen-bond donors (Lipinski definition) is 0. The summed E-state index contributed by atoms with van der Waals surface area (Å²) < 4.78 is 20.7. The zero-order valence-electron chi connectivity index (χ0n) is 14.5. The van der Waals surface area contributed by atoms with Crippen LogP contribution >= 0.6 is 0 Å². The Labute approximate surface area is 139 Å². The number of ether oxygens (including phenoxy) is 4. The third-order valence-corrected chi connectivity index (χ3v) is 3.75. The lowest BCUT2D eigenvalue weighted by Crippen LogP contribution is -2.24. The van der Waals surface area contributed by atoms with E-state index in [1.54, 1.807) is 14.2 Å². The maximum atomic E-state index is 8.87. The van der Waals surface area contributed by atoms with Crippen LogP contribution in [0.5, 0.6) is 0 Å². The van der Waals surface area contributed by atoms with Gasteiger partial charge in [-0.1, -0.05) is 30.3 Å². The molecule has 0 spiro atoms. The number of nitrogens with zero attached hydrogens (tertiary/aromatic N) is 1. The second-order valence-corrected chi connectivity index (χ2v) is 5.74. The van der Waals surface area contributed by atoms with Crippen LogP contribution < -0.4 is 0 Å². The zero-order valence-corrected chi connectivity index (χ0v) is 14.5. The lowest BCUT2D eigenvalue weighted by Gasteiger charge is -2.19. The molecule has 0 radical (unpaired) electrons. The second-order valence-electron chi connectivity index (χ2n) is 5.74. The molecule has 1 aliphatic heterocycles. The number of nitriles is 1. The molecule has 0 aromatic heterocycles. The molecule has 1 aromatic rings. The molecular formula is C18H27NO4. The van der Waals surface area contributed by atoms with Crippen LogP contribution in [0, 0.1) is 17.2 Å². The smallest absolute Gasteiger partial charge is 0.161 e. The number of benzene rings is 1. The van der Waals surface area contributed by atoms with Crippen molar-refractivity contribution in [2.24, 2.45) is 5.92 Å². The first-order valence-corrected chi connectivity index (χ1v) is 7.75. The monoisotopic (exact) mass is 321 g/mol. The fourth-order valence-electron chi connectivity index (χ4n) is 1.91. The van der Waals surface area contributed by atoms with E-state index in [1.165, 1.54) is 0 Å². The van der Waals surface area contributed by atoms with Crippen molar-refractivity contribution < 1.29 is 18.9 Å². The Morgan fingerprint density at radius 3 is 2.39 bits per heavy atom. The van der Waals surface area contributed by atoms with E-state index in [9.17, 15) is 0 Å². The zero-order chi connectivity index (χ0) is 17.1. The molecule has 1 aromatic carbocycles. The molecule has 128 valence electrons. The SMILES string of the molecule is COC(C)(C)OC.N#CC1CCOC1COCc1ccccc1. The molecule has 23 heavy (non-hydrogen) atoms. The first kappa shape index (κ1) is 19.6. The van der Waals surface area contributed by atoms with Gasteiger partial charge in [-0.3, -0.25) is 0 Å². The van der Waals surface area contributed by atoms with Crippen molar-refractivity contribution in [3.63, 3.8) is 0 Å². The van der Waals surface area contributed by atoms with Crippen molar-refractivity contribution in [3.8, 4) is 6.07 Å². The van der Waals surface area contributed by atoms with Gasteiger partial charge in [0.05, 0.1) is 31.3 Å². The molecule has 1 saturated heterocycles. The van der Waals surface area contributed by atoms with Gasteiger partial charge in [-0.25, -0.2) is 0 Å². The average molecular weight is 321 g/mol. The van der Waals surface area contributed by atoms with E-state index in [4.69, 9.17) is 24.2 Å². The standard InChI is InChI=1S/C13H15NO2.C5H12O2/c14-8-12-6-7-16-13(12)10-15-9-11-4-2-1-3-5-11;1-5(2,6-3)7-4/h1-5,12-13H,6-7,9-10H2;1-4H3. The summed E-state index contributed by atoms with van der Waals surface area (Å²) in [5.41, 5.74) is 1.15. The Morgan fingerprint density at radius 1 is 1.22 bits per heavy atom. The second kappa shape index (κ2) is 10.3. The van der Waals surface area contributed by atoms with Gasteiger partial charge in [0.1, 0.15) is 0 Å². The molecule has 1 fully saturated rings. The Kier molecular flexibility index (Phi) is 8.82. The maximum Gasteiger partial charge on any atom is 0.161 e. The van der Waals surface area contributed by atoms with E-state index in [1.807, 2.05) is 44.2 Å². The van der Waals surface area contributed by atoms with Gasteiger partial charge in [0, 0.05) is 20.8 Å². The van der Waals surface area contributed by atoms with Crippen LogP contribution in [0.2, 0.25) is 0 Å². The first-order chi connectivity index (χ1) is 11.0. The quantitative estimate of drug-likeness (QED) is 0.753. The van der Waals surface area contributed by atoms with Crippen LogP contribution in [0.4, 0.5) is 0 Å². The van der Waals surface area contributed by atoms with Crippen molar-refractivity contribution in [3.05, 3.63) is 35.9 Å². The largest absolute Gasteiger partial charge is 0.374 e. The highest BCUT2D eigenvalue weighted by atomic mass is 16.7. The molecule has 0 aliphatic carbocycles. The summed E-state index contributed by atoms with van der Waals surface area (Å²) in [5.74, 6) is -0.421. The Balaban J connectivity index is 0.000000322. The fourth-order valence-corrected chi connectivity index (χ4v) is 1.91. The minimum absolute atomic E-state index is 0.00391. The predicted molar refractivity (Wildman–Crippen MR) is 87.7 cm³/mol. The minimum atomic E-state index is -0.417. The normalized spacial score (nSPS) is 20.5. The molecule has 5 nitrogen and oxygen atoms in total. The van der Waals surface area contributed by atoms with Gasteiger partial charge in [0.25, 0.3) is 0 Å². The van der Waals surface area contributed by atoms with Gasteiger partial charge in [-0.05, 0) is 25.8 Å². The van der Waals surface area contributed by atoms with E-state index in [0.29, 0.717) is 19.8 Å². The molecule has 2 atom stereocenters. The molecule has 1 heterocycles. The third kappa shape index (κ3) is 7.58. The number of hydrogen-bond acceptors (Lipinski definition) is 5. The van der Waals surface area contributed by atoms with Crippen LogP contribution in [0.25, 0.3) is 0 Å². The highest BCUT2D eigenvalue weighted by molar-refractivity contribution is 5.13. The van der Waals surface area contributed by atoms with Crippen LogP contribution in [-0.2, 0) is 25.6 Å². The lowest BCUT2D eigenvalue weighted by atomic mass is 10.0. The summed E-state index contributed by atoms with van der Waals surface area (Å²) >= 11 is 0. The summed E-state index contributed by atoms with van der Waals surface area (Å²) in [4.78, 5) is 0. The molecule has 0 amide bonds. The Hall–Kier alpha value is -1.45. The number of methoxy groups -OCH3 is 2. The van der Waals surface area contributed by atoms with E-state index >= 15 is 0 Å². The summed E-state index contributed by atoms with van der Waals surface area (Å²) in [5, 5.41) is 8.87. The van der Waals surface area contributed by atoms with Gasteiger partial charge in [0.15, 0.2) is 5.79 Å². The third-order valence-electron chi connectivity index (χ3n) is 3.75. The molecular weight excluding hydrogens is 294 g/mol. The summed E-state index contributed by atoms with van der Waals surface area (Å²) in [6.45, 7) is 5.48. The van der Waals surface area contributed by atoms with Gasteiger partial charge < -0.3 is 18.9 Å². The lowest BCUT2D eigenvalue weighted by molar-refractivity contribution is -0.178. The van der Waals surface area contributed by atoms with Crippen molar-refractivity contribution in [2.45, 2.75) is 38.8 Å². The fraction of sp³-hybridized carbons (Fsp3) is 0.611. The molecule has 5 heteroatoms. The minimum Gasteiger partial charge on any atom is -0.374 e. The van der Waals surface area contributed by atoms with Crippen LogP contribution in [0.15, 0.2) is 30.3 Å². The molecule has 1 aliphatic rings. The van der Waals surface area contributed by atoms with E-state index in [0.717, 1.165) is 12.0 Å². The highest BCUT2D eigenvalue weighted by Gasteiger charge is 2.28. The van der Waals surface area contributed by atoms with Gasteiger partial charge in [-0.2, -0.15) is 5.26 Å². The van der Waals surface area contributed by atoms with Gasteiger partial charge >= 0.3 is 0 Å². The molecule has 0 N–H and O–H groups in total. The number of rotatable bonds is 6. The molecule has 2 unspecified atom stereocenters. The van der Waals surface area contributed by atoms with Crippen LogP contribution in [0.1, 0.15) is 25.8 Å². The van der Waals surface area contributed by atoms with Crippen molar-refractivity contribution in [2.75, 3.05) is 27.4 Å². The summed E-state index contributed by atoms with van der Waals surface area (Å²) in [6, 6.07) is 12.3. The Morgan fingerprint density at radius 2 is 1.87 bits per heavy atom. The van der Waals surface area contributed by atoms with Crippen molar-refractivity contribution >= 4 is 0 Å². The van der Waals surface area contributed by atoms with Crippen molar-refractivity contribution in [1.82, 2.24) is 0 Å². The van der Waals surface area contributed by atoms with Crippen molar-refractivity contribution in [1.29, 1.82) is 5.26 Å². The molecule has 2 rings (SSSR count). The maximum absolute atomic E-state index is 8.87. The van der Waals surface area contributed by atoms with E-state index in [2.05, 4.69) is 6.07 Å². The first-order valence-electron chi connectivity index (χ1n) is 7.75. The molecule has 0 bridgehead atoms. The van der Waals surface area contributed by atoms with Gasteiger partial charge in [-0.15, -0.1) is 0 Å². The van der Waals surface area contributed by atoms with Gasteiger partial charge in [0.2, 0.25) is 0 Å². The van der Waals surface area contributed by atoms with E-state index in [-0.39, 0.29) is 12.0 Å². The topological polar surface area (TPSA) is 60.7 Å². The molecule has 0 saturated carbocycles. The van der Waals surface area contributed by atoms with E-state index < -0.39 is 5.79 Å².